The van der Waals surface area contributed by atoms with E-state index < -0.39 is 23.9 Å². The average Bonchev–Trinajstić information content (AvgIpc) is 3.09. The number of benzene rings is 3. The Labute approximate surface area is 196 Å². The van der Waals surface area contributed by atoms with Crippen LogP contribution in [0.2, 0.25) is 5.02 Å². The van der Waals surface area contributed by atoms with Crippen molar-refractivity contribution in [2.45, 2.75) is 31.2 Å². The molecule has 3 aromatic carbocycles. The van der Waals surface area contributed by atoms with Gasteiger partial charge in [0.25, 0.3) is 0 Å². The van der Waals surface area contributed by atoms with Crippen LogP contribution in [0.25, 0.3) is 11.1 Å². The first-order valence-electron chi connectivity index (χ1n) is 10.7. The van der Waals surface area contributed by atoms with Gasteiger partial charge >= 0.3 is 12.1 Å². The van der Waals surface area contributed by atoms with E-state index in [-0.39, 0.29) is 36.8 Å². The lowest BCUT2D eigenvalue weighted by Gasteiger charge is -2.20. The Kier molecular flexibility index (Phi) is 6.94. The van der Waals surface area contributed by atoms with Gasteiger partial charge in [0.2, 0.25) is 0 Å². The number of rotatable bonds is 8. The summed E-state index contributed by atoms with van der Waals surface area (Å²) in [5.74, 6) is -1.55. The second-order valence-electron chi connectivity index (χ2n) is 8.08. The maximum Gasteiger partial charge on any atom is 0.407 e. The van der Waals surface area contributed by atoms with Gasteiger partial charge < -0.3 is 15.2 Å². The number of ether oxygens (including phenoxy) is 1. The van der Waals surface area contributed by atoms with E-state index in [4.69, 9.17) is 21.4 Å². The molecule has 0 fully saturated rings. The Hall–Kier alpha value is -3.38. The zero-order chi connectivity index (χ0) is 23.4. The van der Waals surface area contributed by atoms with Crippen molar-refractivity contribution in [1.82, 2.24) is 5.32 Å². The first-order valence-corrected chi connectivity index (χ1v) is 11.1. The SMILES string of the molecule is O=C(O)CCC(Cc1cc(F)cc(Cl)c1)NC(=O)OCC1c2ccccc2-c2ccccc21. The molecule has 1 atom stereocenters. The molecule has 170 valence electrons. The number of carbonyl (C=O) groups is 2. The molecule has 33 heavy (non-hydrogen) atoms. The third-order valence-corrected chi connectivity index (χ3v) is 5.99. The van der Waals surface area contributed by atoms with E-state index in [9.17, 15) is 14.0 Å². The number of nitrogens with one attached hydrogen (secondary N) is 1. The molecule has 0 saturated carbocycles. The smallest absolute Gasteiger partial charge is 0.407 e. The molecular weight excluding hydrogens is 445 g/mol. The van der Waals surface area contributed by atoms with Gasteiger partial charge in [-0.15, -0.1) is 0 Å². The van der Waals surface area contributed by atoms with Crippen LogP contribution in [0.3, 0.4) is 0 Å². The van der Waals surface area contributed by atoms with Crippen LogP contribution >= 0.6 is 11.6 Å². The molecule has 0 aliphatic heterocycles. The van der Waals surface area contributed by atoms with E-state index in [0.717, 1.165) is 22.3 Å². The average molecular weight is 468 g/mol. The van der Waals surface area contributed by atoms with Crippen LogP contribution in [0.1, 0.15) is 35.4 Å². The van der Waals surface area contributed by atoms with Crippen LogP contribution in [0.15, 0.2) is 66.7 Å². The summed E-state index contributed by atoms with van der Waals surface area (Å²) in [5, 5.41) is 12.0. The molecule has 0 bridgehead atoms. The maximum atomic E-state index is 13.7. The topological polar surface area (TPSA) is 75.6 Å². The lowest BCUT2D eigenvalue weighted by Crippen LogP contribution is -2.37. The number of alkyl carbamates (subject to hydrolysis) is 1. The fourth-order valence-corrected chi connectivity index (χ4v) is 4.59. The van der Waals surface area contributed by atoms with Crippen molar-refractivity contribution < 1.29 is 23.8 Å². The second-order valence-corrected chi connectivity index (χ2v) is 8.52. The summed E-state index contributed by atoms with van der Waals surface area (Å²) in [6.07, 6.45) is -0.380. The Morgan fingerprint density at radius 1 is 1.03 bits per heavy atom. The Bertz CT molecular complexity index is 1120. The van der Waals surface area contributed by atoms with Gasteiger partial charge in [0.05, 0.1) is 0 Å². The van der Waals surface area contributed by atoms with Gasteiger partial charge in [0.15, 0.2) is 0 Å². The molecule has 0 aromatic heterocycles. The van der Waals surface area contributed by atoms with Gasteiger partial charge in [0.1, 0.15) is 12.4 Å². The Morgan fingerprint density at radius 3 is 2.27 bits per heavy atom. The highest BCUT2D eigenvalue weighted by molar-refractivity contribution is 6.30. The van der Waals surface area contributed by atoms with Crippen molar-refractivity contribution in [3.63, 3.8) is 0 Å². The molecule has 0 spiro atoms. The summed E-state index contributed by atoms with van der Waals surface area (Å²) in [5.41, 5.74) is 5.02. The summed E-state index contributed by atoms with van der Waals surface area (Å²) in [7, 11) is 0. The predicted octanol–water partition coefficient (Wildman–Crippen LogP) is 5.79. The number of carbonyl (C=O) groups excluding carboxylic acids is 1. The van der Waals surface area contributed by atoms with Gasteiger partial charge in [-0.2, -0.15) is 0 Å². The monoisotopic (exact) mass is 467 g/mol. The fraction of sp³-hybridized carbons (Fsp3) is 0.231. The number of halogens is 2. The summed E-state index contributed by atoms with van der Waals surface area (Å²) in [6, 6.07) is 19.6. The highest BCUT2D eigenvalue weighted by Gasteiger charge is 2.29. The van der Waals surface area contributed by atoms with Crippen LogP contribution in [0, 0.1) is 5.82 Å². The zero-order valence-corrected chi connectivity index (χ0v) is 18.5. The summed E-state index contributed by atoms with van der Waals surface area (Å²) < 4.78 is 19.3. The number of carboxylic acid groups (broad SMARTS) is 1. The lowest BCUT2D eigenvalue weighted by molar-refractivity contribution is -0.137. The van der Waals surface area contributed by atoms with Crippen LogP contribution in [-0.2, 0) is 16.0 Å². The number of aliphatic carboxylic acids is 1. The minimum atomic E-state index is -0.980. The first-order chi connectivity index (χ1) is 15.9. The first kappa shape index (κ1) is 22.8. The molecule has 3 aromatic rings. The van der Waals surface area contributed by atoms with Gasteiger partial charge in [-0.05, 0) is 58.9 Å². The minimum Gasteiger partial charge on any atom is -0.481 e. The van der Waals surface area contributed by atoms with Gasteiger partial charge in [-0.25, -0.2) is 9.18 Å². The lowest BCUT2D eigenvalue weighted by atomic mass is 9.98. The third-order valence-electron chi connectivity index (χ3n) is 5.78. The van der Waals surface area contributed by atoms with Crippen molar-refractivity contribution >= 4 is 23.7 Å². The molecule has 1 aliphatic rings. The Morgan fingerprint density at radius 2 is 1.67 bits per heavy atom. The van der Waals surface area contributed by atoms with Gasteiger partial charge in [0, 0.05) is 23.4 Å². The third kappa shape index (κ3) is 5.52. The molecule has 0 radical (unpaired) electrons. The molecule has 1 amide bonds. The predicted molar refractivity (Wildman–Crippen MR) is 124 cm³/mol. The number of fused-ring (bicyclic) bond motifs is 3. The number of carboxylic acids is 1. The van der Waals surface area contributed by atoms with E-state index >= 15 is 0 Å². The Balaban J connectivity index is 1.43. The molecule has 2 N–H and O–H groups in total. The normalized spacial score (nSPS) is 13.2. The van der Waals surface area contributed by atoms with Crippen LogP contribution in [-0.4, -0.2) is 29.8 Å². The number of hydrogen-bond donors (Lipinski definition) is 2. The molecule has 4 rings (SSSR count). The highest BCUT2D eigenvalue weighted by atomic mass is 35.5. The highest BCUT2D eigenvalue weighted by Crippen LogP contribution is 2.44. The standard InChI is InChI=1S/C26H23ClFNO4/c27-17-11-16(12-18(28)14-17)13-19(9-10-25(30)31)29-26(32)33-15-24-22-7-3-1-5-20(22)21-6-2-4-8-23(21)24/h1-8,11-12,14,19,24H,9-10,13,15H2,(H,29,32)(H,30,31). The fourth-order valence-electron chi connectivity index (χ4n) is 4.34. The van der Waals surface area contributed by atoms with Crippen molar-refractivity contribution in [1.29, 1.82) is 0 Å². The van der Waals surface area contributed by atoms with Crippen molar-refractivity contribution in [3.8, 4) is 11.1 Å². The number of amides is 1. The molecule has 1 aliphatic carbocycles. The van der Waals surface area contributed by atoms with Crippen LogP contribution in [0.5, 0.6) is 0 Å². The van der Waals surface area contributed by atoms with E-state index in [1.165, 1.54) is 12.1 Å². The van der Waals surface area contributed by atoms with Crippen LogP contribution < -0.4 is 5.32 Å². The molecule has 7 heteroatoms. The maximum absolute atomic E-state index is 13.7. The molecule has 5 nitrogen and oxygen atoms in total. The summed E-state index contributed by atoms with van der Waals surface area (Å²) >= 11 is 5.93. The molecule has 1 unspecified atom stereocenters. The largest absolute Gasteiger partial charge is 0.481 e. The van der Waals surface area contributed by atoms with Crippen molar-refractivity contribution in [3.05, 3.63) is 94.3 Å². The van der Waals surface area contributed by atoms with Gasteiger partial charge in [-0.3, -0.25) is 4.79 Å². The zero-order valence-electron chi connectivity index (χ0n) is 17.8. The number of hydrogen-bond acceptors (Lipinski definition) is 3. The van der Waals surface area contributed by atoms with E-state index in [1.807, 2.05) is 36.4 Å². The summed E-state index contributed by atoms with van der Waals surface area (Å²) in [6.45, 7) is 0.150. The summed E-state index contributed by atoms with van der Waals surface area (Å²) in [4.78, 5) is 23.7. The van der Waals surface area contributed by atoms with E-state index in [1.54, 1.807) is 6.07 Å². The molecular formula is C26H23ClFNO4. The van der Waals surface area contributed by atoms with Crippen molar-refractivity contribution in [2.75, 3.05) is 6.61 Å². The quantitative estimate of drug-likeness (QED) is 0.439. The van der Waals surface area contributed by atoms with Crippen molar-refractivity contribution in [2.24, 2.45) is 0 Å². The minimum absolute atomic E-state index is 0.0809. The van der Waals surface area contributed by atoms with E-state index in [2.05, 4.69) is 17.4 Å². The molecule has 0 saturated heterocycles. The van der Waals surface area contributed by atoms with E-state index in [0.29, 0.717) is 5.56 Å². The van der Waals surface area contributed by atoms with Crippen LogP contribution in [0.4, 0.5) is 9.18 Å². The van der Waals surface area contributed by atoms with Gasteiger partial charge in [-0.1, -0.05) is 60.1 Å². The molecule has 0 heterocycles. The second kappa shape index (κ2) is 10.0.